The summed E-state index contributed by atoms with van der Waals surface area (Å²) < 4.78 is 33.6. The number of fused-ring (bicyclic) bond motifs is 1. The van der Waals surface area contributed by atoms with E-state index in [9.17, 15) is 8.42 Å². The van der Waals surface area contributed by atoms with Crippen molar-refractivity contribution in [3.8, 4) is 22.3 Å². The molecule has 5 rings (SSSR count). The Morgan fingerprint density at radius 1 is 0.968 bits per heavy atom. The molecule has 1 aromatic carbocycles. The van der Waals surface area contributed by atoms with Gasteiger partial charge in [0.15, 0.2) is 5.15 Å². The van der Waals surface area contributed by atoms with Crippen molar-refractivity contribution in [3.05, 3.63) is 83.1 Å². The average Bonchev–Trinajstić information content (AvgIpc) is 3.45. The highest BCUT2D eigenvalue weighted by Crippen LogP contribution is 2.35. The van der Waals surface area contributed by atoms with Crippen LogP contribution in [0, 0.1) is 0 Å². The fraction of sp³-hybridized carbons (Fsp3) is 0. The SMILES string of the molecule is O=S(=O)(Nc1cc(-c2coc3ncc(-c4ccsc4)cc23)cnc1Cl)c1ccccc1. The monoisotopic (exact) mass is 467 g/mol. The van der Waals surface area contributed by atoms with Crippen LogP contribution in [0.15, 0.2) is 87.3 Å². The molecule has 4 heterocycles. The number of rotatable bonds is 5. The first-order valence-corrected chi connectivity index (χ1v) is 12.0. The molecule has 0 aliphatic rings. The molecule has 0 aliphatic heterocycles. The van der Waals surface area contributed by atoms with Gasteiger partial charge in [-0.15, -0.1) is 0 Å². The molecule has 5 aromatic rings. The first-order chi connectivity index (χ1) is 15.0. The average molecular weight is 468 g/mol. The summed E-state index contributed by atoms with van der Waals surface area (Å²) in [7, 11) is -3.81. The molecule has 0 radical (unpaired) electrons. The van der Waals surface area contributed by atoms with Crippen molar-refractivity contribution in [2.75, 3.05) is 4.72 Å². The summed E-state index contributed by atoms with van der Waals surface area (Å²) in [6.07, 6.45) is 4.91. The van der Waals surface area contributed by atoms with Crippen LogP contribution in [-0.2, 0) is 10.0 Å². The van der Waals surface area contributed by atoms with Gasteiger partial charge >= 0.3 is 0 Å². The van der Waals surface area contributed by atoms with Gasteiger partial charge in [0.05, 0.1) is 10.6 Å². The summed E-state index contributed by atoms with van der Waals surface area (Å²) in [5, 5.41) is 4.89. The molecule has 0 bridgehead atoms. The Bertz CT molecular complexity index is 1480. The Balaban J connectivity index is 1.56. The van der Waals surface area contributed by atoms with Gasteiger partial charge < -0.3 is 4.42 Å². The molecule has 0 saturated carbocycles. The molecular weight excluding hydrogens is 454 g/mol. The lowest BCUT2D eigenvalue weighted by molar-refractivity contribution is 0.601. The molecule has 0 aliphatic carbocycles. The molecule has 4 aromatic heterocycles. The van der Waals surface area contributed by atoms with Gasteiger partial charge in [-0.1, -0.05) is 29.8 Å². The van der Waals surface area contributed by atoms with Gasteiger partial charge in [0.2, 0.25) is 5.71 Å². The highest BCUT2D eigenvalue weighted by Gasteiger charge is 2.18. The normalized spacial score (nSPS) is 11.6. The minimum Gasteiger partial charge on any atom is -0.445 e. The van der Waals surface area contributed by atoms with E-state index in [-0.39, 0.29) is 15.7 Å². The lowest BCUT2D eigenvalue weighted by atomic mass is 10.0. The summed E-state index contributed by atoms with van der Waals surface area (Å²) in [6, 6.07) is 13.7. The second kappa shape index (κ2) is 7.81. The Kier molecular flexibility index (Phi) is 4.97. The number of thiophene rings is 1. The summed E-state index contributed by atoms with van der Waals surface area (Å²) >= 11 is 7.80. The van der Waals surface area contributed by atoms with Crippen molar-refractivity contribution in [3.63, 3.8) is 0 Å². The van der Waals surface area contributed by atoms with E-state index in [1.165, 1.54) is 12.1 Å². The first kappa shape index (κ1) is 19.7. The number of pyridine rings is 2. The van der Waals surface area contributed by atoms with Crippen LogP contribution in [-0.4, -0.2) is 18.4 Å². The lowest BCUT2D eigenvalue weighted by Crippen LogP contribution is -2.13. The molecular formula is C22H14ClN3O3S2. The van der Waals surface area contributed by atoms with Gasteiger partial charge in [-0.25, -0.2) is 18.4 Å². The molecule has 0 fully saturated rings. The van der Waals surface area contributed by atoms with Crippen LogP contribution in [0.25, 0.3) is 33.4 Å². The fourth-order valence-corrected chi connectivity index (χ4v) is 5.15. The topological polar surface area (TPSA) is 85.1 Å². The number of anilines is 1. The molecule has 31 heavy (non-hydrogen) atoms. The van der Waals surface area contributed by atoms with Crippen LogP contribution in [0.3, 0.4) is 0 Å². The lowest BCUT2D eigenvalue weighted by Gasteiger charge is -2.10. The van der Waals surface area contributed by atoms with Crippen molar-refractivity contribution in [1.82, 2.24) is 9.97 Å². The van der Waals surface area contributed by atoms with Crippen molar-refractivity contribution < 1.29 is 12.8 Å². The van der Waals surface area contributed by atoms with Gasteiger partial charge in [-0.3, -0.25) is 4.72 Å². The number of benzene rings is 1. The fourth-order valence-electron chi connectivity index (χ4n) is 3.20. The molecule has 0 saturated heterocycles. The molecule has 1 N–H and O–H groups in total. The zero-order valence-corrected chi connectivity index (χ0v) is 18.2. The zero-order valence-electron chi connectivity index (χ0n) is 15.8. The van der Waals surface area contributed by atoms with E-state index in [1.54, 1.807) is 54.3 Å². The summed E-state index contributed by atoms with van der Waals surface area (Å²) in [5.41, 5.74) is 4.08. The van der Waals surface area contributed by atoms with Gasteiger partial charge in [-0.05, 0) is 46.7 Å². The largest absolute Gasteiger partial charge is 0.445 e. The van der Waals surface area contributed by atoms with E-state index >= 15 is 0 Å². The number of aromatic nitrogens is 2. The molecule has 0 amide bonds. The minimum atomic E-state index is -3.81. The smallest absolute Gasteiger partial charge is 0.261 e. The van der Waals surface area contributed by atoms with Crippen LogP contribution in [0.1, 0.15) is 0 Å². The maximum Gasteiger partial charge on any atom is 0.261 e. The second-order valence-electron chi connectivity index (χ2n) is 6.72. The zero-order chi connectivity index (χ0) is 21.4. The molecule has 0 unspecified atom stereocenters. The predicted octanol–water partition coefficient (Wildman–Crippen LogP) is 6.07. The van der Waals surface area contributed by atoms with E-state index in [0.717, 1.165) is 22.1 Å². The third-order valence-electron chi connectivity index (χ3n) is 4.73. The number of hydrogen-bond acceptors (Lipinski definition) is 6. The van der Waals surface area contributed by atoms with Crippen LogP contribution in [0.4, 0.5) is 5.69 Å². The van der Waals surface area contributed by atoms with Crippen molar-refractivity contribution in [2.24, 2.45) is 0 Å². The van der Waals surface area contributed by atoms with Crippen LogP contribution >= 0.6 is 22.9 Å². The van der Waals surface area contributed by atoms with Gasteiger partial charge in [0.1, 0.15) is 6.26 Å². The number of sulfonamides is 1. The standard InChI is InChI=1S/C22H14ClN3O3S2/c23-21-20(26-31(27,28)17-4-2-1-3-5-17)9-16(11-24-21)19-12-29-22-18(19)8-15(10-25-22)14-6-7-30-13-14/h1-13,26H. The molecule has 9 heteroatoms. The Hall–Kier alpha value is -3.20. The third kappa shape index (κ3) is 3.81. The van der Waals surface area contributed by atoms with Gasteiger partial charge in [0, 0.05) is 34.5 Å². The molecule has 0 atom stereocenters. The molecule has 6 nitrogen and oxygen atoms in total. The quantitative estimate of drug-likeness (QED) is 0.317. The third-order valence-corrected chi connectivity index (χ3v) is 7.10. The molecule has 154 valence electrons. The summed E-state index contributed by atoms with van der Waals surface area (Å²) in [6.45, 7) is 0. The van der Waals surface area contributed by atoms with Crippen molar-refractivity contribution in [2.45, 2.75) is 4.90 Å². The van der Waals surface area contributed by atoms with E-state index in [4.69, 9.17) is 16.0 Å². The number of nitrogens with zero attached hydrogens (tertiary/aromatic N) is 2. The first-order valence-electron chi connectivity index (χ1n) is 9.15. The second-order valence-corrected chi connectivity index (χ2v) is 9.54. The Morgan fingerprint density at radius 2 is 1.77 bits per heavy atom. The van der Waals surface area contributed by atoms with E-state index in [0.29, 0.717) is 11.3 Å². The summed E-state index contributed by atoms with van der Waals surface area (Å²) in [5.74, 6) is 0. The van der Waals surface area contributed by atoms with Crippen molar-refractivity contribution in [1.29, 1.82) is 0 Å². The number of hydrogen-bond donors (Lipinski definition) is 1. The van der Waals surface area contributed by atoms with E-state index in [1.807, 2.05) is 22.9 Å². The van der Waals surface area contributed by atoms with Crippen LogP contribution in [0.5, 0.6) is 0 Å². The Morgan fingerprint density at radius 3 is 2.55 bits per heavy atom. The Labute approximate surface area is 187 Å². The highest BCUT2D eigenvalue weighted by molar-refractivity contribution is 7.92. The predicted molar refractivity (Wildman–Crippen MR) is 123 cm³/mol. The minimum absolute atomic E-state index is 0.0492. The highest BCUT2D eigenvalue weighted by atomic mass is 35.5. The van der Waals surface area contributed by atoms with Gasteiger partial charge in [0.25, 0.3) is 10.0 Å². The van der Waals surface area contributed by atoms with Crippen LogP contribution in [0.2, 0.25) is 5.15 Å². The summed E-state index contributed by atoms with van der Waals surface area (Å²) in [4.78, 5) is 8.71. The maximum atomic E-state index is 12.7. The van der Waals surface area contributed by atoms with E-state index in [2.05, 4.69) is 14.7 Å². The van der Waals surface area contributed by atoms with E-state index < -0.39 is 10.0 Å². The van der Waals surface area contributed by atoms with Gasteiger partial charge in [-0.2, -0.15) is 11.3 Å². The number of nitrogens with one attached hydrogen (secondary N) is 1. The number of halogens is 1. The van der Waals surface area contributed by atoms with Crippen molar-refractivity contribution >= 4 is 49.7 Å². The number of furan rings is 1. The van der Waals surface area contributed by atoms with Crippen LogP contribution < -0.4 is 4.72 Å². The maximum absolute atomic E-state index is 12.7. The molecule has 0 spiro atoms.